The van der Waals surface area contributed by atoms with Gasteiger partial charge in [0.2, 0.25) is 0 Å². The van der Waals surface area contributed by atoms with Crippen LogP contribution in [0, 0.1) is 0 Å². The summed E-state index contributed by atoms with van der Waals surface area (Å²) in [5, 5.41) is 4.41. The number of fused-ring (bicyclic) bond motifs is 1. The van der Waals surface area contributed by atoms with Gasteiger partial charge in [0.15, 0.2) is 10.7 Å². The summed E-state index contributed by atoms with van der Waals surface area (Å²) in [6.07, 6.45) is 1.67. The number of halogens is 1. The van der Waals surface area contributed by atoms with E-state index in [0.717, 1.165) is 11.1 Å². The van der Waals surface area contributed by atoms with E-state index in [2.05, 4.69) is 10.3 Å². The van der Waals surface area contributed by atoms with E-state index in [9.17, 15) is 0 Å². The Morgan fingerprint density at radius 2 is 2.46 bits per heavy atom. The molecular weight excluding hydrogens is 188 g/mol. The van der Waals surface area contributed by atoms with E-state index in [1.807, 2.05) is 19.2 Å². The molecule has 2 heterocycles. The van der Waals surface area contributed by atoms with Crippen LogP contribution in [-0.2, 0) is 6.54 Å². The maximum Gasteiger partial charge on any atom is 0.172 e. The molecule has 13 heavy (non-hydrogen) atoms. The van der Waals surface area contributed by atoms with Gasteiger partial charge in [-0.1, -0.05) is 11.6 Å². The molecule has 2 rings (SSSR count). The van der Waals surface area contributed by atoms with Gasteiger partial charge in [-0.3, -0.25) is 0 Å². The summed E-state index contributed by atoms with van der Waals surface area (Å²) < 4.78 is 5.48. The summed E-state index contributed by atoms with van der Waals surface area (Å²) in [5.41, 5.74) is 0.661. The fourth-order valence-electron chi connectivity index (χ4n) is 1.25. The van der Waals surface area contributed by atoms with Crippen molar-refractivity contribution in [2.75, 3.05) is 7.05 Å². The molecule has 0 radical (unpaired) electrons. The first kappa shape index (κ1) is 8.53. The molecule has 0 aromatic carbocycles. The van der Waals surface area contributed by atoms with Crippen molar-refractivity contribution in [2.45, 2.75) is 6.54 Å². The molecular formula is C9H9ClN2O. The number of rotatable bonds is 2. The molecule has 2 aromatic heterocycles. The maximum atomic E-state index is 5.85. The summed E-state index contributed by atoms with van der Waals surface area (Å²) >= 11 is 5.85. The molecule has 0 unspecified atom stereocenters. The van der Waals surface area contributed by atoms with Gasteiger partial charge in [0.1, 0.15) is 5.76 Å². The van der Waals surface area contributed by atoms with Crippen LogP contribution in [0.5, 0.6) is 0 Å². The minimum absolute atomic E-state index is 0.417. The fraction of sp³-hybridized carbons (Fsp3) is 0.222. The van der Waals surface area contributed by atoms with E-state index in [-0.39, 0.29) is 0 Å². The third-order valence-electron chi connectivity index (χ3n) is 1.79. The van der Waals surface area contributed by atoms with Crippen molar-refractivity contribution in [3.63, 3.8) is 0 Å². The topological polar surface area (TPSA) is 38.1 Å². The molecule has 1 N–H and O–H groups in total. The van der Waals surface area contributed by atoms with Crippen LogP contribution in [0.4, 0.5) is 0 Å². The Hall–Kier alpha value is -1.06. The number of hydrogen-bond donors (Lipinski definition) is 1. The first-order valence-electron chi connectivity index (χ1n) is 3.99. The first-order valence-corrected chi connectivity index (χ1v) is 4.36. The van der Waals surface area contributed by atoms with Crippen molar-refractivity contribution in [1.29, 1.82) is 0 Å². The second-order valence-electron chi connectivity index (χ2n) is 2.76. The summed E-state index contributed by atoms with van der Waals surface area (Å²) in [7, 11) is 1.87. The third-order valence-corrected chi connectivity index (χ3v) is 2.06. The largest absolute Gasteiger partial charge is 0.456 e. The highest BCUT2D eigenvalue weighted by molar-refractivity contribution is 6.33. The minimum atomic E-state index is 0.417. The standard InChI is InChI=1S/C9H9ClN2O/c1-11-5-7-4-6-2-3-12-9(10)8(6)13-7/h2-4,11H,5H2,1H3. The highest BCUT2D eigenvalue weighted by Gasteiger charge is 2.06. The number of nitrogens with zero attached hydrogens (tertiary/aromatic N) is 1. The Balaban J connectivity index is 2.55. The molecule has 68 valence electrons. The van der Waals surface area contributed by atoms with Crippen molar-refractivity contribution in [2.24, 2.45) is 0 Å². The molecule has 2 aromatic rings. The van der Waals surface area contributed by atoms with Gasteiger partial charge in [0.05, 0.1) is 6.54 Å². The predicted molar refractivity (Wildman–Crippen MR) is 51.8 cm³/mol. The van der Waals surface area contributed by atoms with Crippen LogP contribution in [0.25, 0.3) is 11.0 Å². The molecule has 0 saturated heterocycles. The molecule has 0 aliphatic rings. The lowest BCUT2D eigenvalue weighted by Gasteiger charge is -1.91. The molecule has 0 spiro atoms. The van der Waals surface area contributed by atoms with E-state index in [4.69, 9.17) is 16.0 Å². The average molecular weight is 197 g/mol. The minimum Gasteiger partial charge on any atom is -0.456 e. The fourth-order valence-corrected chi connectivity index (χ4v) is 1.45. The van der Waals surface area contributed by atoms with E-state index in [1.165, 1.54) is 0 Å². The van der Waals surface area contributed by atoms with Crippen LogP contribution in [0.15, 0.2) is 22.7 Å². The zero-order chi connectivity index (χ0) is 9.26. The number of hydrogen-bond acceptors (Lipinski definition) is 3. The van der Waals surface area contributed by atoms with Crippen LogP contribution in [0.1, 0.15) is 5.76 Å². The van der Waals surface area contributed by atoms with Gasteiger partial charge in [-0.15, -0.1) is 0 Å². The smallest absolute Gasteiger partial charge is 0.172 e. The molecule has 4 heteroatoms. The number of furan rings is 1. The Bertz CT molecular complexity index is 424. The van der Waals surface area contributed by atoms with E-state index in [1.54, 1.807) is 6.20 Å². The number of aromatic nitrogens is 1. The monoisotopic (exact) mass is 196 g/mol. The van der Waals surface area contributed by atoms with Gasteiger partial charge < -0.3 is 9.73 Å². The van der Waals surface area contributed by atoms with Crippen molar-refractivity contribution in [3.05, 3.63) is 29.2 Å². The SMILES string of the molecule is CNCc1cc2ccnc(Cl)c2o1. The van der Waals surface area contributed by atoms with Crippen molar-refractivity contribution in [3.8, 4) is 0 Å². The van der Waals surface area contributed by atoms with Crippen LogP contribution >= 0.6 is 11.6 Å². The lowest BCUT2D eigenvalue weighted by molar-refractivity contribution is 0.530. The average Bonchev–Trinajstić information content (AvgIpc) is 2.49. The number of nitrogens with one attached hydrogen (secondary N) is 1. The second kappa shape index (κ2) is 3.36. The molecule has 0 amide bonds. The molecule has 0 saturated carbocycles. The summed E-state index contributed by atoms with van der Waals surface area (Å²) in [6.45, 7) is 0.699. The normalized spacial score (nSPS) is 10.9. The van der Waals surface area contributed by atoms with Crippen LogP contribution in [-0.4, -0.2) is 12.0 Å². The van der Waals surface area contributed by atoms with Gasteiger partial charge >= 0.3 is 0 Å². The van der Waals surface area contributed by atoms with Gasteiger partial charge in [0, 0.05) is 11.6 Å². The first-order chi connectivity index (χ1) is 6.31. The quantitative estimate of drug-likeness (QED) is 0.749. The zero-order valence-electron chi connectivity index (χ0n) is 7.17. The summed E-state index contributed by atoms with van der Waals surface area (Å²) in [6, 6.07) is 3.84. The molecule has 0 aliphatic heterocycles. The van der Waals surface area contributed by atoms with E-state index < -0.39 is 0 Å². The molecule has 0 atom stereocenters. The maximum absolute atomic E-state index is 5.85. The van der Waals surface area contributed by atoms with Crippen molar-refractivity contribution < 1.29 is 4.42 Å². The van der Waals surface area contributed by atoms with Crippen molar-refractivity contribution >= 4 is 22.6 Å². The summed E-state index contributed by atoms with van der Waals surface area (Å²) in [5.74, 6) is 0.868. The van der Waals surface area contributed by atoms with Gasteiger partial charge in [-0.05, 0) is 19.2 Å². The number of pyridine rings is 1. The van der Waals surface area contributed by atoms with Gasteiger partial charge in [0.25, 0.3) is 0 Å². The Morgan fingerprint density at radius 1 is 1.62 bits per heavy atom. The Morgan fingerprint density at radius 3 is 3.15 bits per heavy atom. The third kappa shape index (κ3) is 1.53. The molecule has 3 nitrogen and oxygen atoms in total. The van der Waals surface area contributed by atoms with Crippen LogP contribution in [0.3, 0.4) is 0 Å². The highest BCUT2D eigenvalue weighted by Crippen LogP contribution is 2.24. The van der Waals surface area contributed by atoms with Crippen LogP contribution < -0.4 is 5.32 Å². The van der Waals surface area contributed by atoms with E-state index >= 15 is 0 Å². The van der Waals surface area contributed by atoms with Gasteiger partial charge in [-0.25, -0.2) is 4.98 Å². The lowest BCUT2D eigenvalue weighted by atomic mass is 10.3. The van der Waals surface area contributed by atoms with E-state index in [0.29, 0.717) is 17.3 Å². The Kier molecular flexibility index (Phi) is 2.20. The van der Waals surface area contributed by atoms with Gasteiger partial charge in [-0.2, -0.15) is 0 Å². The summed E-state index contributed by atoms with van der Waals surface area (Å²) in [4.78, 5) is 3.93. The van der Waals surface area contributed by atoms with Crippen molar-refractivity contribution in [1.82, 2.24) is 10.3 Å². The molecule has 0 fully saturated rings. The highest BCUT2D eigenvalue weighted by atomic mass is 35.5. The zero-order valence-corrected chi connectivity index (χ0v) is 7.93. The molecule has 0 aliphatic carbocycles. The second-order valence-corrected chi connectivity index (χ2v) is 3.12. The van der Waals surface area contributed by atoms with Crippen LogP contribution in [0.2, 0.25) is 5.15 Å². The Labute approximate surface area is 80.7 Å². The molecule has 0 bridgehead atoms. The predicted octanol–water partition coefficient (Wildman–Crippen LogP) is 2.20. The lowest BCUT2D eigenvalue weighted by Crippen LogP contribution is -2.03.